The summed E-state index contributed by atoms with van der Waals surface area (Å²) in [6.07, 6.45) is 0. The van der Waals surface area contributed by atoms with Gasteiger partial charge in [-0.2, -0.15) is 0 Å². The molecule has 3 rings (SSSR count). The lowest BCUT2D eigenvalue weighted by atomic mass is 9.80. The molecular weight excluding hydrogens is 374 g/mol. The molecule has 1 aromatic carbocycles. The Morgan fingerprint density at radius 2 is 2.00 bits per heavy atom. The lowest BCUT2D eigenvalue weighted by Gasteiger charge is -2.29. The molecule has 1 aliphatic rings. The monoisotopic (exact) mass is 399 g/mol. The van der Waals surface area contributed by atoms with Crippen molar-refractivity contribution in [2.24, 2.45) is 5.92 Å². The van der Waals surface area contributed by atoms with E-state index in [2.05, 4.69) is 29.1 Å². The van der Waals surface area contributed by atoms with E-state index in [1.165, 1.54) is 18.9 Å². The topological polar surface area (TPSA) is 84.1 Å². The fraction of sp³-hybridized carbons (Fsp3) is 0.381. The van der Waals surface area contributed by atoms with Crippen molar-refractivity contribution in [1.29, 1.82) is 0 Å². The van der Waals surface area contributed by atoms with E-state index in [0.717, 1.165) is 16.9 Å². The van der Waals surface area contributed by atoms with Gasteiger partial charge in [0.05, 0.1) is 24.2 Å². The summed E-state index contributed by atoms with van der Waals surface area (Å²) in [5, 5.41) is 3.72. The molecule has 0 saturated heterocycles. The number of fused-ring (bicyclic) bond motifs is 1. The van der Waals surface area contributed by atoms with E-state index in [1.807, 2.05) is 38.1 Å². The van der Waals surface area contributed by atoms with E-state index >= 15 is 0 Å². The zero-order chi connectivity index (χ0) is 20.4. The van der Waals surface area contributed by atoms with Crippen LogP contribution in [0.2, 0.25) is 0 Å². The number of nitrogens with zero attached hydrogens (tertiary/aromatic N) is 1. The third-order valence-corrected chi connectivity index (χ3v) is 5.98. The minimum Gasteiger partial charge on any atom is -0.466 e. The van der Waals surface area contributed by atoms with Gasteiger partial charge < -0.3 is 15.0 Å². The summed E-state index contributed by atoms with van der Waals surface area (Å²) in [5.41, 5.74) is 3.15. The minimum atomic E-state index is -0.537. The largest absolute Gasteiger partial charge is 0.466 e. The molecule has 2 heterocycles. The van der Waals surface area contributed by atoms with Crippen LogP contribution in [0.5, 0.6) is 0 Å². The molecule has 2 N–H and O–H groups in total. The van der Waals surface area contributed by atoms with Gasteiger partial charge in [-0.1, -0.05) is 49.9 Å². The molecular formula is C21H25N3O3S. The second-order valence-corrected chi connectivity index (χ2v) is 8.29. The first-order valence-electron chi connectivity index (χ1n) is 9.22. The number of hydrogen-bond acceptors (Lipinski definition) is 6. The lowest BCUT2D eigenvalue weighted by molar-refractivity contribution is -0.136. The Morgan fingerprint density at radius 1 is 1.29 bits per heavy atom. The summed E-state index contributed by atoms with van der Waals surface area (Å²) in [5.74, 6) is 0.831. The van der Waals surface area contributed by atoms with Crippen molar-refractivity contribution < 1.29 is 9.53 Å². The molecule has 0 spiro atoms. The molecule has 6 nitrogen and oxygen atoms in total. The maximum atomic E-state index is 13.1. The van der Waals surface area contributed by atoms with E-state index in [9.17, 15) is 9.59 Å². The summed E-state index contributed by atoms with van der Waals surface area (Å²) in [6.45, 7) is 8.01. The Morgan fingerprint density at radius 3 is 2.64 bits per heavy atom. The molecule has 1 aromatic heterocycles. The van der Waals surface area contributed by atoms with Crippen LogP contribution >= 0.6 is 11.8 Å². The number of esters is 1. The highest BCUT2D eigenvalue weighted by Gasteiger charge is 2.36. The Balaban J connectivity index is 2.20. The summed E-state index contributed by atoms with van der Waals surface area (Å²) in [6, 6.07) is 7.74. The van der Waals surface area contributed by atoms with Gasteiger partial charge in [0.15, 0.2) is 5.16 Å². The average molecular weight is 400 g/mol. The predicted molar refractivity (Wildman–Crippen MR) is 112 cm³/mol. The fourth-order valence-electron chi connectivity index (χ4n) is 3.35. The van der Waals surface area contributed by atoms with Crippen LogP contribution < -0.4 is 10.9 Å². The molecule has 0 amide bonds. The second kappa shape index (κ2) is 8.22. The number of anilines is 1. The van der Waals surface area contributed by atoms with Crippen LogP contribution in [0.25, 0.3) is 0 Å². The number of aromatic nitrogens is 2. The van der Waals surface area contributed by atoms with Crippen molar-refractivity contribution in [3.8, 4) is 0 Å². The molecule has 0 aliphatic carbocycles. The molecule has 0 radical (unpaired) electrons. The highest BCUT2D eigenvalue weighted by atomic mass is 32.2. The number of aromatic amines is 1. The SMILES string of the molecule is COC(=O)C1=C(C)Nc2nc(SCC(C)C)[nH]c(=O)c2[C@H]1c1ccccc1C. The van der Waals surface area contributed by atoms with E-state index in [-0.39, 0.29) is 5.56 Å². The second-order valence-electron chi connectivity index (χ2n) is 7.28. The van der Waals surface area contributed by atoms with Gasteiger partial charge in [0.1, 0.15) is 5.82 Å². The molecule has 1 atom stereocenters. The van der Waals surface area contributed by atoms with E-state index in [1.54, 1.807) is 0 Å². The number of hydrogen-bond donors (Lipinski definition) is 2. The maximum absolute atomic E-state index is 13.1. The van der Waals surface area contributed by atoms with Crippen molar-refractivity contribution in [1.82, 2.24) is 9.97 Å². The number of aryl methyl sites for hydroxylation is 1. The Bertz CT molecular complexity index is 995. The third-order valence-electron chi connectivity index (χ3n) is 4.68. The van der Waals surface area contributed by atoms with Gasteiger partial charge in [-0.25, -0.2) is 9.78 Å². The number of benzene rings is 1. The summed E-state index contributed by atoms with van der Waals surface area (Å²) in [7, 11) is 1.35. The van der Waals surface area contributed by atoms with Crippen LogP contribution in [0.3, 0.4) is 0 Å². The van der Waals surface area contributed by atoms with Gasteiger partial charge in [-0.05, 0) is 30.9 Å². The van der Waals surface area contributed by atoms with Gasteiger partial charge in [0, 0.05) is 11.4 Å². The fourth-order valence-corrected chi connectivity index (χ4v) is 4.16. The van der Waals surface area contributed by atoms with E-state index in [0.29, 0.717) is 33.7 Å². The standard InChI is InChI=1S/C21H25N3O3S/c1-11(2)10-28-21-23-18-17(19(25)24-21)16(14-9-7-6-8-12(14)3)15(13(4)22-18)20(26)27-5/h6-9,11,16H,10H2,1-5H3,(H2,22,23,24,25)/t16-/m0/s1. The molecule has 0 unspecified atom stereocenters. The molecule has 1 aliphatic heterocycles. The maximum Gasteiger partial charge on any atom is 0.336 e. The number of nitrogens with one attached hydrogen (secondary N) is 2. The van der Waals surface area contributed by atoms with Gasteiger partial charge in [0.2, 0.25) is 0 Å². The van der Waals surface area contributed by atoms with Gasteiger partial charge in [-0.3, -0.25) is 4.79 Å². The number of allylic oxidation sites excluding steroid dienone is 1. The van der Waals surface area contributed by atoms with Crippen LogP contribution in [0.15, 0.2) is 45.5 Å². The van der Waals surface area contributed by atoms with Crippen molar-refractivity contribution >= 4 is 23.5 Å². The normalized spacial score (nSPS) is 16.0. The van der Waals surface area contributed by atoms with E-state index in [4.69, 9.17) is 4.74 Å². The number of methoxy groups -OCH3 is 1. The van der Waals surface area contributed by atoms with Crippen LogP contribution in [-0.2, 0) is 9.53 Å². The number of carbonyl (C=O) groups is 1. The minimum absolute atomic E-state index is 0.245. The quantitative estimate of drug-likeness (QED) is 0.452. The predicted octanol–water partition coefficient (Wildman–Crippen LogP) is 3.83. The number of ether oxygens (including phenoxy) is 1. The number of carbonyl (C=O) groups excluding carboxylic acids is 1. The number of thioether (sulfide) groups is 1. The average Bonchev–Trinajstić information content (AvgIpc) is 2.65. The van der Waals surface area contributed by atoms with Gasteiger partial charge in [-0.15, -0.1) is 0 Å². The first kappa shape index (κ1) is 20.2. The number of H-pyrrole nitrogens is 1. The smallest absolute Gasteiger partial charge is 0.336 e. The van der Waals surface area contributed by atoms with Crippen LogP contribution in [-0.4, -0.2) is 28.8 Å². The van der Waals surface area contributed by atoms with Gasteiger partial charge >= 0.3 is 5.97 Å². The first-order chi connectivity index (χ1) is 13.3. The molecule has 2 aromatic rings. The molecule has 0 bridgehead atoms. The summed E-state index contributed by atoms with van der Waals surface area (Å²) >= 11 is 1.51. The van der Waals surface area contributed by atoms with Crippen molar-refractivity contribution in [2.45, 2.75) is 38.8 Å². The van der Waals surface area contributed by atoms with Crippen molar-refractivity contribution in [3.05, 3.63) is 62.6 Å². The molecule has 148 valence electrons. The third kappa shape index (κ3) is 3.85. The zero-order valence-electron chi connectivity index (χ0n) is 16.8. The molecule has 0 fully saturated rings. The number of rotatable bonds is 5. The molecule has 7 heteroatoms. The highest BCUT2D eigenvalue weighted by Crippen LogP contribution is 2.41. The van der Waals surface area contributed by atoms with Crippen molar-refractivity contribution in [3.63, 3.8) is 0 Å². The lowest BCUT2D eigenvalue weighted by Crippen LogP contribution is -2.31. The van der Waals surface area contributed by atoms with Gasteiger partial charge in [0.25, 0.3) is 5.56 Å². The first-order valence-corrected chi connectivity index (χ1v) is 10.2. The Hall–Kier alpha value is -2.54. The molecule has 28 heavy (non-hydrogen) atoms. The summed E-state index contributed by atoms with van der Waals surface area (Å²) in [4.78, 5) is 33.2. The molecule has 0 saturated carbocycles. The Labute approximate surface area is 168 Å². The van der Waals surface area contributed by atoms with E-state index < -0.39 is 11.9 Å². The van der Waals surface area contributed by atoms with Crippen LogP contribution in [0.4, 0.5) is 5.82 Å². The summed E-state index contributed by atoms with van der Waals surface area (Å²) < 4.78 is 5.02. The van der Waals surface area contributed by atoms with Crippen molar-refractivity contribution in [2.75, 3.05) is 18.2 Å². The Kier molecular flexibility index (Phi) is 5.93. The highest BCUT2D eigenvalue weighted by molar-refractivity contribution is 7.99. The van der Waals surface area contributed by atoms with Crippen LogP contribution in [0.1, 0.15) is 43.4 Å². The van der Waals surface area contributed by atoms with Crippen LogP contribution in [0, 0.1) is 12.8 Å². The zero-order valence-corrected chi connectivity index (χ0v) is 17.6.